The van der Waals surface area contributed by atoms with Gasteiger partial charge in [0.05, 0.1) is 5.69 Å². The molecule has 0 saturated heterocycles. The van der Waals surface area contributed by atoms with Crippen molar-refractivity contribution in [2.75, 3.05) is 11.9 Å². The van der Waals surface area contributed by atoms with E-state index in [0.29, 0.717) is 0 Å². The summed E-state index contributed by atoms with van der Waals surface area (Å²) in [6.07, 6.45) is 0. The van der Waals surface area contributed by atoms with E-state index in [1.807, 2.05) is 32.0 Å². The van der Waals surface area contributed by atoms with Gasteiger partial charge in [0.15, 0.2) is 6.61 Å². The van der Waals surface area contributed by atoms with E-state index in [-0.39, 0.29) is 17.9 Å². The number of fused-ring (bicyclic) bond motifs is 1. The molecule has 0 aromatic heterocycles. The van der Waals surface area contributed by atoms with Crippen molar-refractivity contribution in [2.24, 2.45) is 0 Å². The number of carbonyl (C=O) groups excluding carboxylic acids is 1. The lowest BCUT2D eigenvalue weighted by Crippen LogP contribution is -2.26. The predicted octanol–water partition coefficient (Wildman–Crippen LogP) is 3.34. The number of hydrogen-bond donors (Lipinski definition) is 1. The van der Waals surface area contributed by atoms with Crippen molar-refractivity contribution in [3.8, 4) is 5.75 Å². The number of carbonyl (C=O) groups is 1. The van der Waals surface area contributed by atoms with E-state index in [9.17, 15) is 4.79 Å². The Bertz CT molecular complexity index is 405. The number of amides is 1. The minimum absolute atomic E-state index is 0.0806. The Kier molecular flexibility index (Phi) is 4.16. The molecule has 0 atom stereocenters. The zero-order valence-electron chi connectivity index (χ0n) is 11.3. The number of anilines is 1. The first-order valence-electron chi connectivity index (χ1n) is 6.04. The van der Waals surface area contributed by atoms with E-state index < -0.39 is 0 Å². The lowest BCUT2D eigenvalue weighted by atomic mass is 9.86. The molecule has 1 aromatic carbocycles. The van der Waals surface area contributed by atoms with Crippen LogP contribution in [0.1, 0.15) is 40.2 Å². The van der Waals surface area contributed by atoms with E-state index in [1.165, 1.54) is 5.56 Å². The topological polar surface area (TPSA) is 38.3 Å². The van der Waals surface area contributed by atoms with Gasteiger partial charge < -0.3 is 10.1 Å². The van der Waals surface area contributed by atoms with Crippen LogP contribution in [-0.2, 0) is 10.2 Å². The Hall–Kier alpha value is -1.51. The lowest BCUT2D eigenvalue weighted by Gasteiger charge is -2.23. The molecule has 3 heteroatoms. The standard InChI is InChI=1S/C12H15NO2.C2H6/c1-12(2,3)8-4-5-10-9(6-8)13-11(14)7-15-10;1-2/h4-6H,7H2,1-3H3,(H,13,14);1-2H3. The average Bonchev–Trinajstić information content (AvgIpc) is 2.29. The molecule has 1 aliphatic rings. The van der Waals surface area contributed by atoms with Crippen molar-refractivity contribution in [3.63, 3.8) is 0 Å². The first-order chi connectivity index (χ1) is 7.97. The smallest absolute Gasteiger partial charge is 0.262 e. The highest BCUT2D eigenvalue weighted by molar-refractivity contribution is 5.95. The highest BCUT2D eigenvalue weighted by Gasteiger charge is 2.20. The SMILES string of the molecule is CC.CC(C)(C)c1ccc2c(c1)NC(=O)CO2. The molecule has 0 saturated carbocycles. The summed E-state index contributed by atoms with van der Waals surface area (Å²) in [5.41, 5.74) is 2.04. The first kappa shape index (κ1) is 13.6. The molecule has 0 aliphatic carbocycles. The van der Waals surface area contributed by atoms with Crippen molar-refractivity contribution >= 4 is 11.6 Å². The molecule has 1 aromatic rings. The third kappa shape index (κ3) is 3.22. The number of rotatable bonds is 0. The molecule has 94 valence electrons. The van der Waals surface area contributed by atoms with E-state index in [1.54, 1.807) is 0 Å². The fraction of sp³-hybridized carbons (Fsp3) is 0.500. The Morgan fingerprint density at radius 1 is 1.24 bits per heavy atom. The third-order valence-electron chi connectivity index (χ3n) is 2.48. The third-order valence-corrected chi connectivity index (χ3v) is 2.48. The van der Waals surface area contributed by atoms with Crippen LogP contribution < -0.4 is 10.1 Å². The van der Waals surface area contributed by atoms with Gasteiger partial charge in [-0.3, -0.25) is 4.79 Å². The van der Waals surface area contributed by atoms with Gasteiger partial charge in [-0.1, -0.05) is 40.7 Å². The van der Waals surface area contributed by atoms with Gasteiger partial charge in [0.25, 0.3) is 5.91 Å². The normalized spacial score (nSPS) is 13.8. The molecular formula is C14H21NO2. The van der Waals surface area contributed by atoms with E-state index >= 15 is 0 Å². The van der Waals surface area contributed by atoms with Gasteiger partial charge in [0, 0.05) is 0 Å². The molecule has 1 heterocycles. The maximum absolute atomic E-state index is 11.2. The van der Waals surface area contributed by atoms with Crippen molar-refractivity contribution in [3.05, 3.63) is 23.8 Å². The Balaban J connectivity index is 0.000000686. The second-order valence-electron chi connectivity index (χ2n) is 4.80. The molecular weight excluding hydrogens is 214 g/mol. The zero-order chi connectivity index (χ0) is 13.1. The molecule has 0 fully saturated rings. The van der Waals surface area contributed by atoms with Crippen LogP contribution in [0, 0.1) is 0 Å². The van der Waals surface area contributed by atoms with Crippen LogP contribution in [-0.4, -0.2) is 12.5 Å². The molecule has 0 unspecified atom stereocenters. The van der Waals surface area contributed by atoms with Gasteiger partial charge in [0.1, 0.15) is 5.75 Å². The maximum Gasteiger partial charge on any atom is 0.262 e. The molecule has 2 rings (SSSR count). The highest BCUT2D eigenvalue weighted by atomic mass is 16.5. The molecule has 17 heavy (non-hydrogen) atoms. The van der Waals surface area contributed by atoms with Gasteiger partial charge in [-0.15, -0.1) is 0 Å². The maximum atomic E-state index is 11.2. The average molecular weight is 235 g/mol. The number of ether oxygens (including phenoxy) is 1. The van der Waals surface area contributed by atoms with Crippen LogP contribution in [0.3, 0.4) is 0 Å². The van der Waals surface area contributed by atoms with Gasteiger partial charge in [-0.25, -0.2) is 0 Å². The second kappa shape index (κ2) is 5.21. The summed E-state index contributed by atoms with van der Waals surface area (Å²) in [4.78, 5) is 11.2. The minimum Gasteiger partial charge on any atom is -0.482 e. The van der Waals surface area contributed by atoms with Crippen LogP contribution >= 0.6 is 0 Å². The van der Waals surface area contributed by atoms with Crippen LogP contribution in [0.2, 0.25) is 0 Å². The van der Waals surface area contributed by atoms with Crippen molar-refractivity contribution in [1.29, 1.82) is 0 Å². The van der Waals surface area contributed by atoms with Gasteiger partial charge in [-0.05, 0) is 23.1 Å². The molecule has 0 bridgehead atoms. The van der Waals surface area contributed by atoms with E-state index in [0.717, 1.165) is 11.4 Å². The Morgan fingerprint density at radius 3 is 2.47 bits per heavy atom. The van der Waals surface area contributed by atoms with E-state index in [4.69, 9.17) is 4.74 Å². The van der Waals surface area contributed by atoms with Crippen LogP contribution in [0.25, 0.3) is 0 Å². The zero-order valence-corrected chi connectivity index (χ0v) is 11.3. The van der Waals surface area contributed by atoms with Crippen LogP contribution in [0.5, 0.6) is 5.75 Å². The monoisotopic (exact) mass is 235 g/mol. The summed E-state index contributed by atoms with van der Waals surface area (Å²) in [7, 11) is 0. The largest absolute Gasteiger partial charge is 0.482 e. The molecule has 1 amide bonds. The van der Waals surface area contributed by atoms with Crippen molar-refractivity contribution in [2.45, 2.75) is 40.0 Å². The summed E-state index contributed by atoms with van der Waals surface area (Å²) in [6, 6.07) is 5.93. The van der Waals surface area contributed by atoms with Gasteiger partial charge in [0.2, 0.25) is 0 Å². The molecule has 1 N–H and O–H groups in total. The van der Waals surface area contributed by atoms with Crippen molar-refractivity contribution in [1.82, 2.24) is 0 Å². The lowest BCUT2D eigenvalue weighted by molar-refractivity contribution is -0.118. The van der Waals surface area contributed by atoms with Crippen molar-refractivity contribution < 1.29 is 9.53 Å². The predicted molar refractivity (Wildman–Crippen MR) is 70.6 cm³/mol. The van der Waals surface area contributed by atoms with E-state index in [2.05, 4.69) is 26.1 Å². The molecule has 3 nitrogen and oxygen atoms in total. The summed E-state index contributed by atoms with van der Waals surface area (Å²) in [5.74, 6) is 0.663. The molecule has 0 spiro atoms. The number of hydrogen-bond acceptors (Lipinski definition) is 2. The summed E-state index contributed by atoms with van der Waals surface area (Å²) in [5, 5.41) is 2.81. The Morgan fingerprint density at radius 2 is 1.88 bits per heavy atom. The van der Waals surface area contributed by atoms with Gasteiger partial charge >= 0.3 is 0 Å². The fourth-order valence-electron chi connectivity index (χ4n) is 1.55. The molecule has 1 aliphatic heterocycles. The van der Waals surface area contributed by atoms with Gasteiger partial charge in [-0.2, -0.15) is 0 Å². The van der Waals surface area contributed by atoms with Crippen LogP contribution in [0.15, 0.2) is 18.2 Å². The molecule has 0 radical (unpaired) electrons. The summed E-state index contributed by atoms with van der Waals surface area (Å²) < 4.78 is 5.29. The minimum atomic E-state index is -0.0893. The number of benzene rings is 1. The summed E-state index contributed by atoms with van der Waals surface area (Å²) >= 11 is 0. The second-order valence-corrected chi connectivity index (χ2v) is 4.80. The number of nitrogens with one attached hydrogen (secondary N) is 1. The highest BCUT2D eigenvalue weighted by Crippen LogP contribution is 2.32. The van der Waals surface area contributed by atoms with Crippen LogP contribution in [0.4, 0.5) is 5.69 Å². The Labute approximate surface area is 103 Å². The quantitative estimate of drug-likeness (QED) is 0.749. The fourth-order valence-corrected chi connectivity index (χ4v) is 1.55. The summed E-state index contributed by atoms with van der Waals surface area (Å²) in [6.45, 7) is 10.5. The first-order valence-corrected chi connectivity index (χ1v) is 6.04.